The summed E-state index contributed by atoms with van der Waals surface area (Å²) in [4.78, 5) is 37.9. The van der Waals surface area contributed by atoms with E-state index in [2.05, 4.69) is 0 Å². The highest BCUT2D eigenvalue weighted by atomic mass is 16.5. The summed E-state index contributed by atoms with van der Waals surface area (Å²) in [6.45, 7) is 6.23. The van der Waals surface area contributed by atoms with Crippen molar-refractivity contribution < 1.29 is 24.3 Å². The van der Waals surface area contributed by atoms with Gasteiger partial charge in [0.05, 0.1) is 17.7 Å². The molecule has 2 fully saturated rings. The summed E-state index contributed by atoms with van der Waals surface area (Å²) >= 11 is 0. The molecule has 1 saturated heterocycles. The molecular weight excluding hydrogens is 312 g/mol. The van der Waals surface area contributed by atoms with Gasteiger partial charge in [0.2, 0.25) is 11.8 Å². The Hall–Kier alpha value is -1.47. The highest BCUT2D eigenvalue weighted by Gasteiger charge is 2.44. The number of ether oxygens (including phenoxy) is 1. The number of rotatable bonds is 6. The van der Waals surface area contributed by atoms with Gasteiger partial charge < -0.3 is 9.64 Å². The van der Waals surface area contributed by atoms with E-state index in [1.54, 1.807) is 4.90 Å². The van der Waals surface area contributed by atoms with Gasteiger partial charge in [-0.25, -0.2) is 5.48 Å². The van der Waals surface area contributed by atoms with Crippen LogP contribution in [-0.2, 0) is 19.1 Å². The Bertz CT molecular complexity index is 496. The predicted molar refractivity (Wildman–Crippen MR) is 86.3 cm³/mol. The molecule has 136 valence electrons. The number of hydroxylamine groups is 1. The van der Waals surface area contributed by atoms with Crippen molar-refractivity contribution in [2.75, 3.05) is 6.54 Å². The number of hydrogen-bond acceptors (Lipinski definition) is 5. The third-order valence-electron chi connectivity index (χ3n) is 4.63. The number of Topliss-reactive ketones (excluding diaryl/α,β-unsaturated/α-hetero) is 1. The van der Waals surface area contributed by atoms with E-state index in [1.165, 1.54) is 5.48 Å². The summed E-state index contributed by atoms with van der Waals surface area (Å²) in [5, 5.41) is 8.54. The molecule has 0 aromatic heterocycles. The van der Waals surface area contributed by atoms with Crippen LogP contribution in [0.3, 0.4) is 0 Å². The molecule has 7 nitrogen and oxygen atoms in total. The van der Waals surface area contributed by atoms with Crippen LogP contribution in [-0.4, -0.2) is 52.0 Å². The predicted octanol–water partition coefficient (Wildman–Crippen LogP) is 1.43. The molecule has 2 aliphatic rings. The molecule has 1 aliphatic heterocycles. The van der Waals surface area contributed by atoms with Gasteiger partial charge in [0.15, 0.2) is 5.78 Å². The average molecular weight is 340 g/mol. The number of ketones is 1. The third kappa shape index (κ3) is 4.77. The van der Waals surface area contributed by atoms with Crippen LogP contribution in [0.1, 0.15) is 59.3 Å². The Morgan fingerprint density at radius 2 is 1.88 bits per heavy atom. The molecule has 0 unspecified atom stereocenters. The van der Waals surface area contributed by atoms with Gasteiger partial charge in [-0.15, -0.1) is 0 Å². The topological polar surface area (TPSA) is 95.9 Å². The molecular formula is C17H28N2O5. The Balaban J connectivity index is 2.03. The first-order valence-corrected chi connectivity index (χ1v) is 8.65. The fraction of sp³-hybridized carbons (Fsp3) is 0.824. The quantitative estimate of drug-likeness (QED) is 0.563. The molecule has 2 rings (SSSR count). The average Bonchev–Trinajstić information content (AvgIpc) is 2.84. The minimum atomic E-state index is -0.605. The summed E-state index contributed by atoms with van der Waals surface area (Å²) in [5.74, 6) is -0.663. The maximum atomic E-state index is 12.7. The van der Waals surface area contributed by atoms with Crippen molar-refractivity contribution in [2.24, 2.45) is 5.92 Å². The second-order valence-corrected chi connectivity index (χ2v) is 7.72. The van der Waals surface area contributed by atoms with Crippen molar-refractivity contribution in [3.8, 4) is 0 Å². The summed E-state index contributed by atoms with van der Waals surface area (Å²) < 4.78 is 5.97. The van der Waals surface area contributed by atoms with Gasteiger partial charge in [0.1, 0.15) is 0 Å². The fourth-order valence-electron chi connectivity index (χ4n) is 3.31. The molecule has 1 heterocycles. The van der Waals surface area contributed by atoms with Gasteiger partial charge >= 0.3 is 0 Å². The lowest BCUT2D eigenvalue weighted by Crippen LogP contribution is -2.44. The molecule has 1 saturated carbocycles. The van der Waals surface area contributed by atoms with Gasteiger partial charge in [-0.3, -0.25) is 19.6 Å². The van der Waals surface area contributed by atoms with Gasteiger partial charge in [-0.05, 0) is 33.6 Å². The van der Waals surface area contributed by atoms with Crippen LogP contribution in [0.2, 0.25) is 0 Å². The lowest BCUT2D eigenvalue weighted by molar-refractivity contribution is -0.141. The van der Waals surface area contributed by atoms with Crippen LogP contribution in [0.15, 0.2) is 0 Å². The highest BCUT2D eigenvalue weighted by Crippen LogP contribution is 2.34. The zero-order valence-electron chi connectivity index (χ0n) is 14.7. The molecule has 24 heavy (non-hydrogen) atoms. The van der Waals surface area contributed by atoms with Crippen LogP contribution < -0.4 is 5.48 Å². The van der Waals surface area contributed by atoms with Crippen molar-refractivity contribution in [1.29, 1.82) is 0 Å². The molecule has 2 amide bonds. The summed E-state index contributed by atoms with van der Waals surface area (Å²) in [7, 11) is 0. The zero-order chi connectivity index (χ0) is 17.9. The maximum Gasteiger partial charge on any atom is 0.243 e. The Labute approximate surface area is 142 Å². The summed E-state index contributed by atoms with van der Waals surface area (Å²) in [5.41, 5.74) is 1.18. The van der Waals surface area contributed by atoms with Gasteiger partial charge in [0.25, 0.3) is 0 Å². The molecule has 1 aliphatic carbocycles. The van der Waals surface area contributed by atoms with E-state index in [-0.39, 0.29) is 42.2 Å². The molecule has 0 bridgehead atoms. The largest absolute Gasteiger partial charge is 0.371 e. The first-order chi connectivity index (χ1) is 11.2. The molecule has 2 atom stereocenters. The second-order valence-electron chi connectivity index (χ2n) is 7.72. The lowest BCUT2D eigenvalue weighted by Gasteiger charge is -2.31. The van der Waals surface area contributed by atoms with Crippen LogP contribution in [0, 0.1) is 5.92 Å². The van der Waals surface area contributed by atoms with Crippen LogP contribution in [0.5, 0.6) is 0 Å². The van der Waals surface area contributed by atoms with E-state index < -0.39 is 11.9 Å². The van der Waals surface area contributed by atoms with E-state index in [9.17, 15) is 14.4 Å². The van der Waals surface area contributed by atoms with Crippen LogP contribution in [0.4, 0.5) is 0 Å². The van der Waals surface area contributed by atoms with Gasteiger partial charge in [-0.2, -0.15) is 0 Å². The maximum absolute atomic E-state index is 12.7. The molecule has 0 aromatic carbocycles. The lowest BCUT2D eigenvalue weighted by atomic mass is 9.79. The fourth-order valence-corrected chi connectivity index (χ4v) is 3.31. The third-order valence-corrected chi connectivity index (χ3v) is 4.63. The van der Waals surface area contributed by atoms with E-state index in [0.29, 0.717) is 13.0 Å². The monoisotopic (exact) mass is 340 g/mol. The normalized spacial score (nSPS) is 24.6. The van der Waals surface area contributed by atoms with Gasteiger partial charge in [-0.1, -0.05) is 6.42 Å². The molecule has 0 radical (unpaired) electrons. The highest BCUT2D eigenvalue weighted by molar-refractivity contribution is 5.92. The van der Waals surface area contributed by atoms with Crippen molar-refractivity contribution in [2.45, 2.75) is 77.0 Å². The van der Waals surface area contributed by atoms with E-state index in [4.69, 9.17) is 9.94 Å². The molecule has 0 aromatic rings. The number of likely N-dealkylation sites (tertiary alicyclic amines) is 1. The number of hydrogen-bond donors (Lipinski definition) is 2. The summed E-state index contributed by atoms with van der Waals surface area (Å²) in [6.07, 6.45) is 3.09. The first-order valence-electron chi connectivity index (χ1n) is 8.65. The minimum Gasteiger partial charge on any atom is -0.371 e. The van der Waals surface area contributed by atoms with Crippen molar-refractivity contribution in [3.05, 3.63) is 0 Å². The first kappa shape index (κ1) is 18.9. The number of amides is 2. The Morgan fingerprint density at radius 3 is 2.38 bits per heavy atom. The van der Waals surface area contributed by atoms with Crippen LogP contribution >= 0.6 is 0 Å². The van der Waals surface area contributed by atoms with E-state index in [1.807, 2.05) is 20.8 Å². The minimum absolute atomic E-state index is 0.0247. The Morgan fingerprint density at radius 1 is 1.21 bits per heavy atom. The number of nitrogens with zero attached hydrogens (tertiary/aromatic N) is 1. The molecule has 7 heteroatoms. The Kier molecular flexibility index (Phi) is 5.98. The van der Waals surface area contributed by atoms with Gasteiger partial charge in [0, 0.05) is 31.7 Å². The zero-order valence-corrected chi connectivity index (χ0v) is 14.7. The molecule has 2 N–H and O–H groups in total. The standard InChI is InChI=1S/C17H28N2O5/c1-17(2,3)24-12-9-13(16(22)11-5-4-6-11)19(10-12)15(21)8-7-14(20)18-23/h11-13,23H,4-10H2,1-3H3,(H,18,20)/t12-,13+/m1/s1. The number of nitrogens with one attached hydrogen (secondary N) is 1. The molecule has 0 spiro atoms. The van der Waals surface area contributed by atoms with Crippen molar-refractivity contribution >= 4 is 17.6 Å². The van der Waals surface area contributed by atoms with Crippen molar-refractivity contribution in [3.63, 3.8) is 0 Å². The summed E-state index contributed by atoms with van der Waals surface area (Å²) in [6, 6.07) is -0.452. The van der Waals surface area contributed by atoms with E-state index in [0.717, 1.165) is 19.3 Å². The van der Waals surface area contributed by atoms with Crippen molar-refractivity contribution in [1.82, 2.24) is 10.4 Å². The number of carbonyl (C=O) groups is 3. The second kappa shape index (κ2) is 7.61. The van der Waals surface area contributed by atoms with Crippen LogP contribution in [0.25, 0.3) is 0 Å². The number of carbonyl (C=O) groups excluding carboxylic acids is 3. The van der Waals surface area contributed by atoms with E-state index >= 15 is 0 Å². The smallest absolute Gasteiger partial charge is 0.243 e. The SMILES string of the molecule is CC(C)(C)O[C@@H]1C[C@@H](C(=O)C2CCC2)N(C(=O)CCC(=O)NO)C1.